The molecule has 4 rings (SSSR count). The summed E-state index contributed by atoms with van der Waals surface area (Å²) in [6, 6.07) is 11.7. The second kappa shape index (κ2) is 7.84. The molecule has 2 aliphatic carbocycles. The average Bonchev–Trinajstić information content (AvgIpc) is 2.75. The molecule has 168 valence electrons. The van der Waals surface area contributed by atoms with Crippen LogP contribution in [-0.4, -0.2) is 16.7 Å². The van der Waals surface area contributed by atoms with Gasteiger partial charge in [0.1, 0.15) is 5.75 Å². The molecular formula is C26H29NO5. The lowest BCUT2D eigenvalue weighted by atomic mass is 9.49. The largest absolute Gasteiger partial charge is 0.426 e. The van der Waals surface area contributed by atoms with E-state index in [1.165, 1.54) is 24.3 Å². The Bertz CT molecular complexity index is 1090. The SMILES string of the molecule is CC(C)c1ccc2c(c1)C(=O)C[C@H]1[C@](C)(C(=O)Oc3ccc([N+](=O)[O-])cc3)CCC[C@]21C. The summed E-state index contributed by atoms with van der Waals surface area (Å²) < 4.78 is 5.69. The van der Waals surface area contributed by atoms with E-state index in [0.717, 1.165) is 29.5 Å². The Labute approximate surface area is 188 Å². The van der Waals surface area contributed by atoms with E-state index in [2.05, 4.69) is 32.9 Å². The van der Waals surface area contributed by atoms with Crippen LogP contribution in [0.2, 0.25) is 0 Å². The van der Waals surface area contributed by atoms with Gasteiger partial charge in [-0.1, -0.05) is 39.3 Å². The van der Waals surface area contributed by atoms with Crippen LogP contribution in [0.25, 0.3) is 0 Å². The van der Waals surface area contributed by atoms with E-state index in [4.69, 9.17) is 4.74 Å². The van der Waals surface area contributed by atoms with Gasteiger partial charge in [-0.2, -0.15) is 0 Å². The summed E-state index contributed by atoms with van der Waals surface area (Å²) in [6.07, 6.45) is 2.74. The Morgan fingerprint density at radius 2 is 1.81 bits per heavy atom. The second-order valence-electron chi connectivity index (χ2n) is 9.97. The van der Waals surface area contributed by atoms with Crippen molar-refractivity contribution in [3.63, 3.8) is 0 Å². The Morgan fingerprint density at radius 1 is 1.12 bits per heavy atom. The number of esters is 1. The molecule has 0 amide bonds. The van der Waals surface area contributed by atoms with Crippen LogP contribution in [0, 0.1) is 21.4 Å². The number of nitro benzene ring substituents is 1. The molecule has 2 aromatic rings. The van der Waals surface area contributed by atoms with Crippen molar-refractivity contribution in [1.29, 1.82) is 0 Å². The van der Waals surface area contributed by atoms with Crippen LogP contribution in [0.15, 0.2) is 42.5 Å². The first kappa shape index (κ1) is 22.2. The van der Waals surface area contributed by atoms with Gasteiger partial charge in [-0.15, -0.1) is 0 Å². The van der Waals surface area contributed by atoms with E-state index in [0.29, 0.717) is 18.8 Å². The third-order valence-electron chi connectivity index (χ3n) is 7.67. The number of ketones is 1. The van der Waals surface area contributed by atoms with Gasteiger partial charge in [-0.3, -0.25) is 19.7 Å². The van der Waals surface area contributed by atoms with Crippen molar-refractivity contribution >= 4 is 17.4 Å². The quantitative estimate of drug-likeness (QED) is 0.255. The van der Waals surface area contributed by atoms with Gasteiger partial charge in [0, 0.05) is 24.1 Å². The van der Waals surface area contributed by atoms with E-state index in [1.807, 2.05) is 13.0 Å². The maximum Gasteiger partial charge on any atom is 0.317 e. The number of nitrogens with zero attached hydrogens (tertiary/aromatic N) is 1. The first-order valence-corrected chi connectivity index (χ1v) is 11.2. The van der Waals surface area contributed by atoms with Crippen molar-refractivity contribution in [2.24, 2.45) is 11.3 Å². The van der Waals surface area contributed by atoms with Gasteiger partial charge in [0.2, 0.25) is 0 Å². The van der Waals surface area contributed by atoms with E-state index in [-0.39, 0.29) is 34.5 Å². The fourth-order valence-corrected chi connectivity index (χ4v) is 5.70. The number of non-ortho nitro benzene ring substituents is 1. The Balaban J connectivity index is 1.67. The van der Waals surface area contributed by atoms with Gasteiger partial charge >= 0.3 is 5.97 Å². The van der Waals surface area contributed by atoms with Crippen molar-refractivity contribution in [3.8, 4) is 5.75 Å². The minimum Gasteiger partial charge on any atom is -0.426 e. The third-order valence-corrected chi connectivity index (χ3v) is 7.67. The van der Waals surface area contributed by atoms with E-state index < -0.39 is 10.3 Å². The molecule has 3 atom stereocenters. The molecule has 0 aromatic heterocycles. The van der Waals surface area contributed by atoms with Crippen LogP contribution in [0.4, 0.5) is 5.69 Å². The summed E-state index contributed by atoms with van der Waals surface area (Å²) in [5, 5.41) is 10.9. The van der Waals surface area contributed by atoms with Crippen LogP contribution >= 0.6 is 0 Å². The summed E-state index contributed by atoms with van der Waals surface area (Å²) in [7, 11) is 0. The van der Waals surface area contributed by atoms with Gasteiger partial charge in [-0.05, 0) is 66.3 Å². The number of rotatable bonds is 4. The molecule has 1 saturated carbocycles. The number of carbonyl (C=O) groups excluding carboxylic acids is 2. The molecule has 0 N–H and O–H groups in total. The summed E-state index contributed by atoms with van der Waals surface area (Å²) in [6.45, 7) is 8.31. The minimum absolute atomic E-state index is 0.0588. The molecule has 0 saturated heterocycles. The number of carbonyl (C=O) groups is 2. The summed E-state index contributed by atoms with van der Waals surface area (Å²) >= 11 is 0. The number of Topliss-reactive ketones (excluding diaryl/α,β-unsaturated/α-hetero) is 1. The maximum atomic E-state index is 13.4. The molecule has 0 aliphatic heterocycles. The Hall–Kier alpha value is -3.02. The van der Waals surface area contributed by atoms with Gasteiger partial charge in [0.25, 0.3) is 5.69 Å². The van der Waals surface area contributed by atoms with Crippen LogP contribution in [0.5, 0.6) is 5.75 Å². The molecule has 1 fully saturated rings. The smallest absolute Gasteiger partial charge is 0.317 e. The fraction of sp³-hybridized carbons (Fsp3) is 0.462. The molecule has 0 unspecified atom stereocenters. The molecule has 0 bridgehead atoms. The third kappa shape index (κ3) is 3.51. The lowest BCUT2D eigenvalue weighted by Gasteiger charge is -2.53. The van der Waals surface area contributed by atoms with Crippen LogP contribution in [0.3, 0.4) is 0 Å². The zero-order chi connectivity index (χ0) is 23.3. The first-order valence-electron chi connectivity index (χ1n) is 11.2. The summed E-state index contributed by atoms with van der Waals surface area (Å²) in [5.41, 5.74) is 1.81. The lowest BCUT2D eigenvalue weighted by Crippen LogP contribution is -2.54. The number of ether oxygens (including phenoxy) is 1. The molecule has 2 aliphatic rings. The highest BCUT2D eigenvalue weighted by atomic mass is 16.6. The van der Waals surface area contributed by atoms with Crippen molar-refractivity contribution in [2.75, 3.05) is 0 Å². The van der Waals surface area contributed by atoms with Crippen molar-refractivity contribution in [1.82, 2.24) is 0 Å². The van der Waals surface area contributed by atoms with Gasteiger partial charge < -0.3 is 4.74 Å². The monoisotopic (exact) mass is 435 g/mol. The molecule has 2 aromatic carbocycles. The van der Waals surface area contributed by atoms with Gasteiger partial charge in [0.05, 0.1) is 10.3 Å². The number of hydrogen-bond acceptors (Lipinski definition) is 5. The first-order chi connectivity index (χ1) is 15.1. The molecule has 0 spiro atoms. The predicted octanol–water partition coefficient (Wildman–Crippen LogP) is 5.97. The van der Waals surface area contributed by atoms with Gasteiger partial charge in [0.15, 0.2) is 5.78 Å². The van der Waals surface area contributed by atoms with Crippen molar-refractivity contribution in [3.05, 3.63) is 69.3 Å². The molecular weight excluding hydrogens is 406 g/mol. The topological polar surface area (TPSA) is 86.5 Å². The molecule has 0 radical (unpaired) electrons. The molecule has 0 heterocycles. The maximum absolute atomic E-state index is 13.4. The highest BCUT2D eigenvalue weighted by Gasteiger charge is 2.57. The van der Waals surface area contributed by atoms with E-state index in [9.17, 15) is 19.7 Å². The van der Waals surface area contributed by atoms with Crippen LogP contribution < -0.4 is 4.74 Å². The highest BCUT2D eigenvalue weighted by Crippen LogP contribution is 2.57. The van der Waals surface area contributed by atoms with Crippen LogP contribution in [0.1, 0.15) is 80.8 Å². The van der Waals surface area contributed by atoms with Crippen LogP contribution in [-0.2, 0) is 10.2 Å². The predicted molar refractivity (Wildman–Crippen MR) is 121 cm³/mol. The Kier molecular flexibility index (Phi) is 5.43. The summed E-state index contributed by atoms with van der Waals surface area (Å²) in [4.78, 5) is 37.0. The van der Waals surface area contributed by atoms with E-state index >= 15 is 0 Å². The Morgan fingerprint density at radius 3 is 2.44 bits per heavy atom. The standard InChI is InChI=1S/C26H29NO5/c1-16(2)17-6-11-21-20(14-17)22(28)15-23-25(21,3)12-5-13-26(23,4)24(29)32-19-9-7-18(8-10-19)27(30)31/h6-11,14,16,23H,5,12-13,15H2,1-4H3/t23-,25-,26-/m1/s1. The molecule has 6 heteroatoms. The molecule has 32 heavy (non-hydrogen) atoms. The second-order valence-corrected chi connectivity index (χ2v) is 9.97. The minimum atomic E-state index is -0.821. The average molecular weight is 436 g/mol. The number of fused-ring (bicyclic) bond motifs is 3. The zero-order valence-corrected chi connectivity index (χ0v) is 19.0. The molecule has 6 nitrogen and oxygen atoms in total. The lowest BCUT2D eigenvalue weighted by molar-refractivity contribution is -0.384. The van der Waals surface area contributed by atoms with Crippen molar-refractivity contribution < 1.29 is 19.2 Å². The number of benzene rings is 2. The fourth-order valence-electron chi connectivity index (χ4n) is 5.70. The zero-order valence-electron chi connectivity index (χ0n) is 19.0. The van der Waals surface area contributed by atoms with Crippen molar-refractivity contribution in [2.45, 2.75) is 64.7 Å². The summed E-state index contributed by atoms with van der Waals surface area (Å²) in [5.74, 6) is 0.155. The number of hydrogen-bond donors (Lipinski definition) is 0. The highest BCUT2D eigenvalue weighted by molar-refractivity contribution is 6.00. The van der Waals surface area contributed by atoms with Gasteiger partial charge in [-0.25, -0.2) is 0 Å². The number of nitro groups is 1. The van der Waals surface area contributed by atoms with E-state index in [1.54, 1.807) is 0 Å². The normalized spacial score (nSPS) is 26.9.